The molecule has 0 N–H and O–H groups in total. The van der Waals surface area contributed by atoms with Gasteiger partial charge in [-0.05, 0) is 50.6 Å². The molecule has 0 aliphatic carbocycles. The first kappa shape index (κ1) is 17.0. The van der Waals surface area contributed by atoms with Crippen LogP contribution in [0.1, 0.15) is 30.5 Å². The summed E-state index contributed by atoms with van der Waals surface area (Å²) >= 11 is 0. The lowest BCUT2D eigenvalue weighted by Crippen LogP contribution is -2.21. The number of nitrogens with zero attached hydrogens (tertiary/aromatic N) is 1. The fourth-order valence-corrected chi connectivity index (χ4v) is 2.90. The molecular formula is C22H23NO2. The molecule has 0 spiro atoms. The second-order valence-corrected chi connectivity index (χ2v) is 6.13. The second-order valence-electron chi connectivity index (χ2n) is 6.13. The maximum atomic E-state index is 12.1. The summed E-state index contributed by atoms with van der Waals surface area (Å²) in [7, 11) is 0. The minimum Gasteiger partial charge on any atom is -0.422 e. The predicted molar refractivity (Wildman–Crippen MR) is 103 cm³/mol. The molecule has 1 aliphatic rings. The van der Waals surface area contributed by atoms with Crippen molar-refractivity contribution < 1.29 is 9.53 Å². The Labute approximate surface area is 149 Å². The van der Waals surface area contributed by atoms with Gasteiger partial charge in [0.1, 0.15) is 5.76 Å². The van der Waals surface area contributed by atoms with Crippen LogP contribution in [-0.2, 0) is 9.53 Å². The molecule has 0 amide bonds. The van der Waals surface area contributed by atoms with Gasteiger partial charge in [-0.1, -0.05) is 42.0 Å². The van der Waals surface area contributed by atoms with Gasteiger partial charge < -0.3 is 9.64 Å². The number of carbonyl (C=O) groups excluding carboxylic acids is 1. The highest BCUT2D eigenvalue weighted by Crippen LogP contribution is 2.28. The lowest BCUT2D eigenvalue weighted by molar-refractivity contribution is -0.130. The van der Waals surface area contributed by atoms with Gasteiger partial charge in [0.05, 0.1) is 5.57 Å². The van der Waals surface area contributed by atoms with Crippen LogP contribution in [0.3, 0.4) is 0 Å². The van der Waals surface area contributed by atoms with E-state index in [-0.39, 0.29) is 5.97 Å². The fourth-order valence-electron chi connectivity index (χ4n) is 2.90. The molecule has 2 aromatic rings. The van der Waals surface area contributed by atoms with Crippen molar-refractivity contribution in [3.8, 4) is 0 Å². The highest BCUT2D eigenvalue weighted by Gasteiger charge is 2.21. The molecule has 25 heavy (non-hydrogen) atoms. The largest absolute Gasteiger partial charge is 0.422 e. The van der Waals surface area contributed by atoms with Gasteiger partial charge in [0.2, 0.25) is 0 Å². The van der Waals surface area contributed by atoms with E-state index in [1.807, 2.05) is 55.5 Å². The summed E-state index contributed by atoms with van der Waals surface area (Å²) in [6, 6.07) is 16.2. The number of cyclic esters (lactones) is 1. The molecule has 0 aromatic heterocycles. The van der Waals surface area contributed by atoms with Gasteiger partial charge >= 0.3 is 5.97 Å². The number of esters is 1. The van der Waals surface area contributed by atoms with Crippen LogP contribution in [0.15, 0.2) is 60.2 Å². The lowest BCUT2D eigenvalue weighted by Gasteiger charge is -2.20. The van der Waals surface area contributed by atoms with Crippen LogP contribution < -0.4 is 4.90 Å². The number of rotatable bonds is 5. The number of benzene rings is 2. The molecule has 128 valence electrons. The lowest BCUT2D eigenvalue weighted by atomic mass is 10.1. The summed E-state index contributed by atoms with van der Waals surface area (Å²) < 4.78 is 5.41. The molecule has 0 atom stereocenters. The first-order valence-electron chi connectivity index (χ1n) is 8.68. The van der Waals surface area contributed by atoms with Crippen molar-refractivity contribution in [2.45, 2.75) is 20.8 Å². The highest BCUT2D eigenvalue weighted by atomic mass is 16.5. The van der Waals surface area contributed by atoms with Crippen molar-refractivity contribution >= 4 is 23.5 Å². The Balaban J connectivity index is 1.83. The molecule has 0 saturated heterocycles. The first-order valence-corrected chi connectivity index (χ1v) is 8.68. The number of hydrogen-bond donors (Lipinski definition) is 0. The van der Waals surface area contributed by atoms with E-state index < -0.39 is 0 Å². The van der Waals surface area contributed by atoms with Gasteiger partial charge in [-0.15, -0.1) is 0 Å². The van der Waals surface area contributed by atoms with Crippen molar-refractivity contribution in [1.29, 1.82) is 0 Å². The Kier molecular flexibility index (Phi) is 5.03. The molecule has 3 nitrogen and oxygen atoms in total. The normalized spacial score (nSPS) is 15.2. The maximum absolute atomic E-state index is 12.1. The van der Waals surface area contributed by atoms with Crippen LogP contribution in [0.4, 0.5) is 5.69 Å². The number of ether oxygens (including phenoxy) is 1. The standard InChI is InChI=1S/C22H23NO2/c1-4-23(5-2)20-12-8-17(9-13-20)14-19-15-21(25-22(19)24)18-10-6-16(3)7-11-18/h6-15H,4-5H2,1-3H3/b19-14+. The van der Waals surface area contributed by atoms with Gasteiger partial charge in [-0.25, -0.2) is 4.79 Å². The number of hydrogen-bond acceptors (Lipinski definition) is 3. The molecule has 1 aliphatic heterocycles. The third kappa shape index (κ3) is 3.82. The Bertz CT molecular complexity index is 810. The topological polar surface area (TPSA) is 29.5 Å². The van der Waals surface area contributed by atoms with Crippen LogP contribution in [0.5, 0.6) is 0 Å². The zero-order valence-electron chi connectivity index (χ0n) is 15.0. The quantitative estimate of drug-likeness (QED) is 0.580. The Morgan fingerprint density at radius 3 is 2.20 bits per heavy atom. The van der Waals surface area contributed by atoms with Crippen molar-refractivity contribution in [2.75, 3.05) is 18.0 Å². The Morgan fingerprint density at radius 1 is 0.960 bits per heavy atom. The van der Waals surface area contributed by atoms with Crippen LogP contribution in [0, 0.1) is 6.92 Å². The SMILES string of the molecule is CCN(CC)c1ccc(/C=C2\C=C(c3ccc(C)cc3)OC2=O)cc1. The van der Waals surface area contributed by atoms with E-state index >= 15 is 0 Å². The molecule has 3 rings (SSSR count). The summed E-state index contributed by atoms with van der Waals surface area (Å²) in [5.74, 6) is 0.305. The molecule has 0 saturated carbocycles. The first-order chi connectivity index (χ1) is 12.1. The summed E-state index contributed by atoms with van der Waals surface area (Å²) in [5.41, 5.74) is 4.85. The second kappa shape index (κ2) is 7.39. The predicted octanol–water partition coefficient (Wildman–Crippen LogP) is 4.82. The van der Waals surface area contributed by atoms with E-state index in [4.69, 9.17) is 4.74 Å². The van der Waals surface area contributed by atoms with Crippen molar-refractivity contribution in [3.63, 3.8) is 0 Å². The van der Waals surface area contributed by atoms with E-state index in [9.17, 15) is 4.79 Å². The van der Waals surface area contributed by atoms with Gasteiger partial charge in [0, 0.05) is 24.3 Å². The fraction of sp³-hybridized carbons (Fsp3) is 0.227. The summed E-state index contributed by atoms with van der Waals surface area (Å²) in [6.07, 6.45) is 3.68. The summed E-state index contributed by atoms with van der Waals surface area (Å²) in [4.78, 5) is 14.4. The molecule has 2 aromatic carbocycles. The van der Waals surface area contributed by atoms with E-state index in [0.717, 1.165) is 24.2 Å². The Morgan fingerprint density at radius 2 is 1.60 bits per heavy atom. The van der Waals surface area contributed by atoms with E-state index in [1.165, 1.54) is 11.3 Å². The van der Waals surface area contributed by atoms with Crippen molar-refractivity contribution in [3.05, 3.63) is 76.9 Å². The minimum atomic E-state index is -0.302. The van der Waals surface area contributed by atoms with Crippen molar-refractivity contribution in [1.82, 2.24) is 0 Å². The molecule has 0 unspecified atom stereocenters. The maximum Gasteiger partial charge on any atom is 0.343 e. The molecule has 0 fully saturated rings. The summed E-state index contributed by atoms with van der Waals surface area (Å²) in [6.45, 7) is 8.28. The van der Waals surface area contributed by atoms with Gasteiger partial charge in [0.15, 0.2) is 0 Å². The van der Waals surface area contributed by atoms with Crippen LogP contribution in [0.25, 0.3) is 11.8 Å². The number of aryl methyl sites for hydroxylation is 1. The highest BCUT2D eigenvalue weighted by molar-refractivity contribution is 6.05. The van der Waals surface area contributed by atoms with Crippen LogP contribution in [0.2, 0.25) is 0 Å². The third-order valence-corrected chi connectivity index (χ3v) is 4.40. The molecular weight excluding hydrogens is 310 g/mol. The Hall–Kier alpha value is -2.81. The zero-order valence-corrected chi connectivity index (χ0v) is 15.0. The van der Waals surface area contributed by atoms with Gasteiger partial charge in [-0.2, -0.15) is 0 Å². The molecule has 1 heterocycles. The molecule has 3 heteroatoms. The zero-order chi connectivity index (χ0) is 17.8. The van der Waals surface area contributed by atoms with E-state index in [1.54, 1.807) is 0 Å². The van der Waals surface area contributed by atoms with Crippen LogP contribution in [-0.4, -0.2) is 19.1 Å². The summed E-state index contributed by atoms with van der Waals surface area (Å²) in [5, 5.41) is 0. The average Bonchev–Trinajstić information content (AvgIpc) is 2.99. The molecule has 0 radical (unpaired) electrons. The van der Waals surface area contributed by atoms with Crippen molar-refractivity contribution in [2.24, 2.45) is 0 Å². The number of anilines is 1. The average molecular weight is 333 g/mol. The third-order valence-electron chi connectivity index (χ3n) is 4.40. The van der Waals surface area contributed by atoms with Gasteiger partial charge in [-0.3, -0.25) is 0 Å². The van der Waals surface area contributed by atoms with E-state index in [2.05, 4.69) is 30.9 Å². The smallest absolute Gasteiger partial charge is 0.343 e. The minimum absolute atomic E-state index is 0.302. The van der Waals surface area contributed by atoms with Gasteiger partial charge in [0.25, 0.3) is 0 Å². The number of carbonyl (C=O) groups is 1. The van der Waals surface area contributed by atoms with E-state index in [0.29, 0.717) is 11.3 Å². The molecule has 0 bridgehead atoms. The monoisotopic (exact) mass is 333 g/mol. The van der Waals surface area contributed by atoms with Crippen LogP contribution >= 0.6 is 0 Å².